The van der Waals surface area contributed by atoms with Gasteiger partial charge in [-0.1, -0.05) is 20.8 Å². The fourth-order valence-electron chi connectivity index (χ4n) is 2.62. The Morgan fingerprint density at radius 2 is 1.53 bits per heavy atom. The normalized spacial score (nSPS) is 12.4. The number of H-pyrrole nitrogens is 1. The number of hydrogen-bond donors (Lipinski definition) is 1. The summed E-state index contributed by atoms with van der Waals surface area (Å²) < 4.78 is 0. The standard InChI is InChI=1S/C15H22N2/c1-8-9(2)13-14(16-10(8)3)12(11(4)17-13)15(5,6)7/h17H,1-7H3. The average Bonchev–Trinajstić information content (AvgIpc) is 2.51. The first-order valence-corrected chi connectivity index (χ1v) is 6.20. The monoisotopic (exact) mass is 230 g/mol. The zero-order chi connectivity index (χ0) is 13.0. The Balaban J connectivity index is 2.93. The Morgan fingerprint density at radius 1 is 0.941 bits per heavy atom. The molecule has 2 rings (SSSR count). The molecule has 0 aliphatic rings. The Kier molecular flexibility index (Phi) is 2.57. The van der Waals surface area contributed by atoms with Crippen molar-refractivity contribution in [3.63, 3.8) is 0 Å². The SMILES string of the molecule is Cc1nc2c(C(C)(C)C)c(C)[nH]c2c(C)c1C. The Hall–Kier alpha value is -1.31. The van der Waals surface area contributed by atoms with E-state index in [4.69, 9.17) is 4.98 Å². The molecule has 2 nitrogen and oxygen atoms in total. The van der Waals surface area contributed by atoms with Gasteiger partial charge >= 0.3 is 0 Å². The lowest BCUT2D eigenvalue weighted by molar-refractivity contribution is 0.590. The molecular formula is C15H22N2. The molecule has 0 unspecified atom stereocenters. The maximum Gasteiger partial charge on any atom is 0.0925 e. The minimum absolute atomic E-state index is 0.128. The second-order valence-electron chi connectivity index (χ2n) is 6.05. The van der Waals surface area contributed by atoms with Gasteiger partial charge in [-0.05, 0) is 44.2 Å². The quantitative estimate of drug-likeness (QED) is 0.725. The van der Waals surface area contributed by atoms with Crippen LogP contribution in [-0.4, -0.2) is 9.97 Å². The van der Waals surface area contributed by atoms with Crippen molar-refractivity contribution >= 4 is 11.0 Å². The van der Waals surface area contributed by atoms with E-state index in [1.807, 2.05) is 0 Å². The molecule has 1 N–H and O–H groups in total. The molecule has 0 saturated heterocycles. The minimum atomic E-state index is 0.128. The van der Waals surface area contributed by atoms with Crippen LogP contribution in [0.2, 0.25) is 0 Å². The molecular weight excluding hydrogens is 208 g/mol. The van der Waals surface area contributed by atoms with Gasteiger partial charge in [0, 0.05) is 17.0 Å². The van der Waals surface area contributed by atoms with Gasteiger partial charge in [0.15, 0.2) is 0 Å². The first-order chi connectivity index (χ1) is 7.73. The van der Waals surface area contributed by atoms with Crippen molar-refractivity contribution < 1.29 is 0 Å². The molecule has 0 aliphatic carbocycles. The highest BCUT2D eigenvalue weighted by Gasteiger charge is 2.23. The zero-order valence-electron chi connectivity index (χ0n) is 11.9. The first kappa shape index (κ1) is 12.2. The Morgan fingerprint density at radius 3 is 2.06 bits per heavy atom. The van der Waals surface area contributed by atoms with Crippen LogP contribution in [0.4, 0.5) is 0 Å². The summed E-state index contributed by atoms with van der Waals surface area (Å²) in [5.74, 6) is 0. The highest BCUT2D eigenvalue weighted by Crippen LogP contribution is 2.34. The van der Waals surface area contributed by atoms with Gasteiger partial charge in [-0.3, -0.25) is 4.98 Å². The topological polar surface area (TPSA) is 28.7 Å². The van der Waals surface area contributed by atoms with Gasteiger partial charge in [-0.15, -0.1) is 0 Å². The number of nitrogens with one attached hydrogen (secondary N) is 1. The van der Waals surface area contributed by atoms with Crippen molar-refractivity contribution in [2.24, 2.45) is 0 Å². The molecule has 0 radical (unpaired) electrons. The van der Waals surface area contributed by atoms with Crippen LogP contribution in [-0.2, 0) is 5.41 Å². The molecule has 2 heterocycles. The molecule has 17 heavy (non-hydrogen) atoms. The largest absolute Gasteiger partial charge is 0.357 e. The number of fused-ring (bicyclic) bond motifs is 1. The van der Waals surface area contributed by atoms with Crippen LogP contribution in [0.3, 0.4) is 0 Å². The van der Waals surface area contributed by atoms with Crippen LogP contribution in [0.5, 0.6) is 0 Å². The molecule has 0 bridgehead atoms. The molecule has 92 valence electrons. The van der Waals surface area contributed by atoms with E-state index in [1.165, 1.54) is 27.9 Å². The maximum atomic E-state index is 4.79. The lowest BCUT2D eigenvalue weighted by Gasteiger charge is -2.19. The third-order valence-corrected chi connectivity index (χ3v) is 3.67. The second-order valence-corrected chi connectivity index (χ2v) is 6.05. The van der Waals surface area contributed by atoms with Crippen molar-refractivity contribution in [3.8, 4) is 0 Å². The van der Waals surface area contributed by atoms with E-state index < -0.39 is 0 Å². The third-order valence-electron chi connectivity index (χ3n) is 3.67. The van der Waals surface area contributed by atoms with Gasteiger partial charge < -0.3 is 4.98 Å². The van der Waals surface area contributed by atoms with Crippen molar-refractivity contribution in [1.82, 2.24) is 9.97 Å². The number of aromatic amines is 1. The molecule has 0 atom stereocenters. The predicted octanol–water partition coefficient (Wildman–Crippen LogP) is 4.09. The summed E-state index contributed by atoms with van der Waals surface area (Å²) in [7, 11) is 0. The molecule has 2 heteroatoms. The van der Waals surface area contributed by atoms with Crippen LogP contribution in [0.1, 0.15) is 48.8 Å². The fraction of sp³-hybridized carbons (Fsp3) is 0.533. The highest BCUT2D eigenvalue weighted by molar-refractivity contribution is 5.85. The van der Waals surface area contributed by atoms with Crippen LogP contribution < -0.4 is 0 Å². The predicted molar refractivity (Wildman–Crippen MR) is 73.7 cm³/mol. The summed E-state index contributed by atoms with van der Waals surface area (Å²) in [6.45, 7) is 15.3. The molecule has 2 aromatic heterocycles. The Bertz CT molecular complexity index is 583. The molecule has 0 aromatic carbocycles. The summed E-state index contributed by atoms with van der Waals surface area (Å²) in [4.78, 5) is 8.30. The molecule has 0 aliphatic heterocycles. The maximum absolute atomic E-state index is 4.79. The number of aromatic nitrogens is 2. The lowest BCUT2D eigenvalue weighted by atomic mass is 9.86. The fourth-order valence-corrected chi connectivity index (χ4v) is 2.62. The summed E-state index contributed by atoms with van der Waals surface area (Å²) in [6, 6.07) is 0. The van der Waals surface area contributed by atoms with E-state index in [2.05, 4.69) is 53.5 Å². The van der Waals surface area contributed by atoms with Crippen LogP contribution in [0, 0.1) is 27.7 Å². The first-order valence-electron chi connectivity index (χ1n) is 6.20. The van der Waals surface area contributed by atoms with Gasteiger partial charge in [0.25, 0.3) is 0 Å². The molecule has 2 aromatic rings. The number of hydrogen-bond acceptors (Lipinski definition) is 1. The Labute approximate surface area is 103 Å². The number of pyridine rings is 1. The highest BCUT2D eigenvalue weighted by atomic mass is 14.8. The van der Waals surface area contributed by atoms with Crippen molar-refractivity contribution in [1.29, 1.82) is 0 Å². The van der Waals surface area contributed by atoms with E-state index in [9.17, 15) is 0 Å². The summed E-state index contributed by atoms with van der Waals surface area (Å²) in [5, 5.41) is 0. The van der Waals surface area contributed by atoms with E-state index in [0.717, 1.165) is 11.2 Å². The number of nitrogens with zero attached hydrogens (tertiary/aromatic N) is 1. The minimum Gasteiger partial charge on any atom is -0.357 e. The van der Waals surface area contributed by atoms with Crippen molar-refractivity contribution in [2.75, 3.05) is 0 Å². The summed E-state index contributed by atoms with van der Waals surface area (Å²) >= 11 is 0. The van der Waals surface area contributed by atoms with Gasteiger partial charge in [0.1, 0.15) is 0 Å². The van der Waals surface area contributed by atoms with Crippen molar-refractivity contribution in [2.45, 2.75) is 53.9 Å². The van der Waals surface area contributed by atoms with E-state index in [-0.39, 0.29) is 5.41 Å². The molecule has 0 spiro atoms. The van der Waals surface area contributed by atoms with Crippen LogP contribution >= 0.6 is 0 Å². The van der Waals surface area contributed by atoms with E-state index >= 15 is 0 Å². The zero-order valence-corrected chi connectivity index (χ0v) is 11.9. The molecule has 0 saturated carbocycles. The summed E-state index contributed by atoms with van der Waals surface area (Å²) in [6.07, 6.45) is 0. The van der Waals surface area contributed by atoms with Gasteiger partial charge in [-0.2, -0.15) is 0 Å². The summed E-state index contributed by atoms with van der Waals surface area (Å²) in [5.41, 5.74) is 8.83. The lowest BCUT2D eigenvalue weighted by Crippen LogP contribution is -2.12. The molecule has 0 amide bonds. The molecule has 0 fully saturated rings. The third kappa shape index (κ3) is 1.76. The average molecular weight is 230 g/mol. The van der Waals surface area contributed by atoms with Crippen LogP contribution in [0.15, 0.2) is 0 Å². The number of rotatable bonds is 0. The van der Waals surface area contributed by atoms with Gasteiger partial charge in [-0.25, -0.2) is 0 Å². The van der Waals surface area contributed by atoms with Gasteiger partial charge in [0.2, 0.25) is 0 Å². The smallest absolute Gasteiger partial charge is 0.0925 e. The van der Waals surface area contributed by atoms with Crippen molar-refractivity contribution in [3.05, 3.63) is 28.1 Å². The van der Waals surface area contributed by atoms with E-state index in [1.54, 1.807) is 0 Å². The van der Waals surface area contributed by atoms with Crippen LogP contribution in [0.25, 0.3) is 11.0 Å². The van der Waals surface area contributed by atoms with Gasteiger partial charge in [0.05, 0.1) is 11.0 Å². The number of aryl methyl sites for hydroxylation is 3. The van der Waals surface area contributed by atoms with E-state index in [0.29, 0.717) is 0 Å². The second kappa shape index (κ2) is 3.59.